The van der Waals surface area contributed by atoms with E-state index in [0.717, 1.165) is 43.2 Å². The van der Waals surface area contributed by atoms with Gasteiger partial charge in [0.1, 0.15) is 17.2 Å². The van der Waals surface area contributed by atoms with Crippen molar-refractivity contribution in [2.45, 2.75) is 51.4 Å². The van der Waals surface area contributed by atoms with Crippen molar-refractivity contribution in [1.82, 2.24) is 0 Å². The number of hydrogen-bond donors (Lipinski definition) is 3. The number of hydrogen-bond acceptors (Lipinski definition) is 3. The molecule has 4 rings (SSSR count). The van der Waals surface area contributed by atoms with E-state index in [-0.39, 0.29) is 5.41 Å². The quantitative estimate of drug-likeness (QED) is 0.491. The summed E-state index contributed by atoms with van der Waals surface area (Å²) in [5, 5.41) is 29.6. The van der Waals surface area contributed by atoms with Crippen LogP contribution in [0.25, 0.3) is 0 Å². The van der Waals surface area contributed by atoms with E-state index in [1.165, 1.54) is 16.7 Å². The average molecular weight is 403 g/mol. The summed E-state index contributed by atoms with van der Waals surface area (Å²) < 4.78 is 0. The Morgan fingerprint density at radius 3 is 1.70 bits per heavy atom. The number of aryl methyl sites for hydroxylation is 2. The fourth-order valence-corrected chi connectivity index (χ4v) is 4.99. The topological polar surface area (TPSA) is 60.7 Å². The van der Waals surface area contributed by atoms with Crippen molar-refractivity contribution < 1.29 is 15.3 Å². The summed E-state index contributed by atoms with van der Waals surface area (Å²) in [5.74, 6) is 1.58. The number of benzene rings is 3. The molecule has 3 aromatic rings. The van der Waals surface area contributed by atoms with Crippen LogP contribution in [-0.2, 0) is 11.8 Å². The predicted octanol–water partition coefficient (Wildman–Crippen LogP) is 6.14. The molecule has 0 radical (unpaired) electrons. The Kier molecular flexibility index (Phi) is 5.46. The van der Waals surface area contributed by atoms with Gasteiger partial charge in [-0.05, 0) is 104 Å². The van der Waals surface area contributed by atoms with Crippen LogP contribution in [0.2, 0.25) is 0 Å². The molecular weight excluding hydrogens is 372 g/mol. The van der Waals surface area contributed by atoms with E-state index >= 15 is 0 Å². The SMILES string of the molecule is Cc1cc(C2(c3ccc(O)c(C)c3)CCC(Cc3ccc(O)cc3)CC2)ccc1O. The summed E-state index contributed by atoms with van der Waals surface area (Å²) in [6, 6.07) is 19.5. The summed E-state index contributed by atoms with van der Waals surface area (Å²) in [7, 11) is 0. The molecule has 3 heteroatoms. The zero-order valence-electron chi connectivity index (χ0n) is 17.7. The first-order chi connectivity index (χ1) is 14.4. The fourth-order valence-electron chi connectivity index (χ4n) is 4.99. The Bertz CT molecular complexity index is 975. The van der Waals surface area contributed by atoms with Crippen molar-refractivity contribution in [2.24, 2.45) is 5.92 Å². The van der Waals surface area contributed by atoms with Crippen LogP contribution in [0.4, 0.5) is 0 Å². The minimum absolute atomic E-state index is 0.109. The molecular formula is C27H30O3. The maximum atomic E-state index is 10.1. The highest BCUT2D eigenvalue weighted by Crippen LogP contribution is 2.48. The molecule has 3 N–H and O–H groups in total. The second-order valence-corrected chi connectivity index (χ2v) is 8.90. The first kappa shape index (κ1) is 20.3. The monoisotopic (exact) mass is 402 g/mol. The van der Waals surface area contributed by atoms with E-state index in [9.17, 15) is 15.3 Å². The highest BCUT2D eigenvalue weighted by atomic mass is 16.3. The summed E-state index contributed by atoms with van der Waals surface area (Å²) in [6.07, 6.45) is 5.31. The van der Waals surface area contributed by atoms with Gasteiger partial charge in [-0.1, -0.05) is 36.4 Å². The van der Waals surface area contributed by atoms with Gasteiger partial charge in [-0.15, -0.1) is 0 Å². The maximum Gasteiger partial charge on any atom is 0.118 e. The molecule has 0 unspecified atom stereocenters. The van der Waals surface area contributed by atoms with E-state index in [4.69, 9.17) is 0 Å². The zero-order valence-corrected chi connectivity index (χ0v) is 17.7. The van der Waals surface area contributed by atoms with Crippen LogP contribution in [-0.4, -0.2) is 15.3 Å². The van der Waals surface area contributed by atoms with Gasteiger partial charge in [0.05, 0.1) is 0 Å². The van der Waals surface area contributed by atoms with Crippen LogP contribution in [0, 0.1) is 19.8 Å². The Morgan fingerprint density at radius 1 is 0.733 bits per heavy atom. The van der Waals surface area contributed by atoms with Gasteiger partial charge in [-0.2, -0.15) is 0 Å². The Hall–Kier alpha value is -2.94. The summed E-state index contributed by atoms with van der Waals surface area (Å²) in [5.41, 5.74) is 5.44. The second-order valence-electron chi connectivity index (χ2n) is 8.90. The van der Waals surface area contributed by atoms with Crippen LogP contribution in [0.15, 0.2) is 60.7 Å². The Labute approximate surface area is 178 Å². The lowest BCUT2D eigenvalue weighted by Gasteiger charge is -2.42. The highest BCUT2D eigenvalue weighted by molar-refractivity contribution is 5.48. The van der Waals surface area contributed by atoms with Crippen molar-refractivity contribution >= 4 is 0 Å². The molecule has 1 fully saturated rings. The number of rotatable bonds is 4. The highest BCUT2D eigenvalue weighted by Gasteiger charge is 2.38. The van der Waals surface area contributed by atoms with Gasteiger partial charge in [0.25, 0.3) is 0 Å². The predicted molar refractivity (Wildman–Crippen MR) is 120 cm³/mol. The van der Waals surface area contributed by atoms with Gasteiger partial charge in [-0.3, -0.25) is 0 Å². The van der Waals surface area contributed by atoms with Crippen LogP contribution >= 0.6 is 0 Å². The van der Waals surface area contributed by atoms with Gasteiger partial charge in [0.15, 0.2) is 0 Å². The third-order valence-electron chi connectivity index (χ3n) is 6.92. The molecule has 1 aliphatic rings. The molecule has 3 nitrogen and oxygen atoms in total. The third-order valence-corrected chi connectivity index (χ3v) is 6.92. The van der Waals surface area contributed by atoms with E-state index < -0.39 is 0 Å². The van der Waals surface area contributed by atoms with E-state index in [1.54, 1.807) is 12.1 Å². The first-order valence-electron chi connectivity index (χ1n) is 10.8. The Balaban J connectivity index is 1.64. The van der Waals surface area contributed by atoms with E-state index in [1.807, 2.05) is 38.1 Å². The third kappa shape index (κ3) is 3.89. The molecule has 3 aromatic carbocycles. The van der Waals surface area contributed by atoms with Gasteiger partial charge >= 0.3 is 0 Å². The number of phenols is 3. The summed E-state index contributed by atoms with van der Waals surface area (Å²) >= 11 is 0. The molecule has 0 aliphatic heterocycles. The van der Waals surface area contributed by atoms with Crippen LogP contribution in [0.5, 0.6) is 17.2 Å². The molecule has 0 bridgehead atoms. The molecule has 1 saturated carbocycles. The number of phenolic OH excluding ortho intramolecular Hbond substituents is 3. The lowest BCUT2D eigenvalue weighted by molar-refractivity contribution is 0.264. The standard InChI is InChI=1S/C27H30O3/c1-18-15-22(5-9-25(18)29)27(23-6-10-26(30)19(2)16-23)13-11-21(12-14-27)17-20-3-7-24(28)8-4-20/h3-10,15-16,21,28-30H,11-14,17H2,1-2H3. The summed E-state index contributed by atoms with van der Waals surface area (Å²) in [6.45, 7) is 3.90. The van der Waals surface area contributed by atoms with Crippen LogP contribution < -0.4 is 0 Å². The van der Waals surface area contributed by atoms with Crippen molar-refractivity contribution in [3.63, 3.8) is 0 Å². The number of aromatic hydroxyl groups is 3. The summed E-state index contributed by atoms with van der Waals surface area (Å²) in [4.78, 5) is 0. The van der Waals surface area contributed by atoms with Gasteiger partial charge in [0.2, 0.25) is 0 Å². The Morgan fingerprint density at radius 2 is 1.23 bits per heavy atom. The fraction of sp³-hybridized carbons (Fsp3) is 0.333. The van der Waals surface area contributed by atoms with E-state index in [0.29, 0.717) is 23.2 Å². The molecule has 0 atom stereocenters. The van der Waals surface area contributed by atoms with E-state index in [2.05, 4.69) is 24.3 Å². The van der Waals surface area contributed by atoms with Crippen LogP contribution in [0.1, 0.15) is 53.5 Å². The minimum atomic E-state index is -0.109. The molecule has 0 amide bonds. The van der Waals surface area contributed by atoms with Crippen molar-refractivity contribution in [1.29, 1.82) is 0 Å². The average Bonchev–Trinajstić information content (AvgIpc) is 2.74. The van der Waals surface area contributed by atoms with Gasteiger partial charge < -0.3 is 15.3 Å². The van der Waals surface area contributed by atoms with Crippen molar-refractivity contribution in [2.75, 3.05) is 0 Å². The maximum absolute atomic E-state index is 10.1. The zero-order chi connectivity index (χ0) is 21.3. The molecule has 156 valence electrons. The lowest BCUT2D eigenvalue weighted by atomic mass is 9.62. The lowest BCUT2D eigenvalue weighted by Crippen LogP contribution is -2.33. The molecule has 0 saturated heterocycles. The van der Waals surface area contributed by atoms with Crippen molar-refractivity contribution in [3.05, 3.63) is 88.5 Å². The van der Waals surface area contributed by atoms with Crippen LogP contribution in [0.3, 0.4) is 0 Å². The normalized spacial score (nSPS) is 16.5. The second kappa shape index (κ2) is 8.06. The minimum Gasteiger partial charge on any atom is -0.508 e. The smallest absolute Gasteiger partial charge is 0.118 e. The molecule has 0 spiro atoms. The van der Waals surface area contributed by atoms with Gasteiger partial charge in [0, 0.05) is 5.41 Å². The first-order valence-corrected chi connectivity index (χ1v) is 10.8. The largest absolute Gasteiger partial charge is 0.508 e. The van der Waals surface area contributed by atoms with Gasteiger partial charge in [-0.25, -0.2) is 0 Å². The molecule has 1 aliphatic carbocycles. The molecule has 30 heavy (non-hydrogen) atoms. The van der Waals surface area contributed by atoms with Crippen molar-refractivity contribution in [3.8, 4) is 17.2 Å². The molecule has 0 aromatic heterocycles. The molecule has 0 heterocycles.